The maximum atomic E-state index is 12.9. The van der Waals surface area contributed by atoms with Gasteiger partial charge in [0.2, 0.25) is 5.91 Å². The van der Waals surface area contributed by atoms with Crippen molar-refractivity contribution in [2.75, 3.05) is 13.1 Å². The average Bonchev–Trinajstić information content (AvgIpc) is 2.89. The molecule has 3 atom stereocenters. The lowest BCUT2D eigenvalue weighted by molar-refractivity contribution is -0.142. The molecule has 4 rings (SSSR count). The molecular weight excluding hydrogens is 326 g/mol. The van der Waals surface area contributed by atoms with Gasteiger partial charge in [0.25, 0.3) is 0 Å². The summed E-state index contributed by atoms with van der Waals surface area (Å²) in [6, 6.07) is 7.34. The van der Waals surface area contributed by atoms with Crippen molar-refractivity contribution < 1.29 is 14.7 Å². The van der Waals surface area contributed by atoms with Crippen LogP contribution in [0.4, 0.5) is 0 Å². The van der Waals surface area contributed by atoms with E-state index in [0.717, 1.165) is 12.0 Å². The molecule has 24 heavy (non-hydrogen) atoms. The predicted molar refractivity (Wildman–Crippen MR) is 90.9 cm³/mol. The zero-order valence-corrected chi connectivity index (χ0v) is 14.3. The third-order valence-corrected chi connectivity index (χ3v) is 6.59. The summed E-state index contributed by atoms with van der Waals surface area (Å²) < 4.78 is 0. The molecule has 2 saturated carbocycles. The monoisotopic (exact) mass is 347 g/mol. The molecule has 1 unspecified atom stereocenters. The Labute approximate surface area is 146 Å². The number of benzene rings is 1. The molecule has 0 bridgehead atoms. The molecule has 3 aliphatic rings. The average molecular weight is 348 g/mol. The van der Waals surface area contributed by atoms with Gasteiger partial charge in [0.05, 0.1) is 5.92 Å². The van der Waals surface area contributed by atoms with Gasteiger partial charge in [-0.1, -0.05) is 36.6 Å². The van der Waals surface area contributed by atoms with Crippen molar-refractivity contribution >= 4 is 23.5 Å². The van der Waals surface area contributed by atoms with E-state index in [9.17, 15) is 14.7 Å². The number of carbonyl (C=O) groups is 2. The second-order valence-corrected chi connectivity index (χ2v) is 8.11. The number of hydrogen-bond acceptors (Lipinski definition) is 2. The van der Waals surface area contributed by atoms with Crippen LogP contribution in [0.5, 0.6) is 0 Å². The largest absolute Gasteiger partial charge is 0.481 e. The third-order valence-electron chi connectivity index (χ3n) is 6.33. The summed E-state index contributed by atoms with van der Waals surface area (Å²) in [5.74, 6) is -1.19. The molecule has 2 aliphatic carbocycles. The molecule has 3 fully saturated rings. The van der Waals surface area contributed by atoms with Crippen LogP contribution in [0, 0.1) is 17.3 Å². The summed E-state index contributed by atoms with van der Waals surface area (Å²) in [6.45, 7) is 0.831. The standard InChI is InChI=1S/C19H22ClNO3/c20-13-5-3-12(4-6-13)14-10-21(11-15(14)18(23)24)17(22)16-9-19(16)7-1-2-8-19/h3-6,14-16H,1-2,7-11H2,(H,23,24)/t14-,15+,16?/m0/s1. The molecule has 1 aromatic rings. The highest BCUT2D eigenvalue weighted by atomic mass is 35.5. The zero-order chi connectivity index (χ0) is 16.9. The fourth-order valence-corrected chi connectivity index (χ4v) is 4.96. The van der Waals surface area contributed by atoms with Crippen molar-refractivity contribution in [3.05, 3.63) is 34.9 Å². The Bertz CT molecular complexity index is 666. The SMILES string of the molecule is O=C(O)[C@@H]1CN(C(=O)C2CC23CCCC3)C[C@H]1c1ccc(Cl)cc1. The number of halogens is 1. The molecular formula is C19H22ClNO3. The summed E-state index contributed by atoms with van der Waals surface area (Å²) in [4.78, 5) is 26.4. The first-order chi connectivity index (χ1) is 11.5. The maximum absolute atomic E-state index is 12.9. The first-order valence-corrected chi connectivity index (χ1v) is 9.15. The Morgan fingerprint density at radius 3 is 2.42 bits per heavy atom. The van der Waals surface area contributed by atoms with Crippen LogP contribution in [0.25, 0.3) is 0 Å². The van der Waals surface area contributed by atoms with E-state index in [1.165, 1.54) is 25.7 Å². The second kappa shape index (κ2) is 5.76. The number of aliphatic carboxylic acids is 1. The Morgan fingerprint density at radius 1 is 1.12 bits per heavy atom. The van der Waals surface area contributed by atoms with E-state index in [-0.39, 0.29) is 23.2 Å². The van der Waals surface area contributed by atoms with Crippen molar-refractivity contribution in [1.82, 2.24) is 4.90 Å². The zero-order valence-electron chi connectivity index (χ0n) is 13.6. The van der Waals surface area contributed by atoms with Gasteiger partial charge in [-0.3, -0.25) is 9.59 Å². The summed E-state index contributed by atoms with van der Waals surface area (Å²) in [5, 5.41) is 10.2. The Balaban J connectivity index is 1.51. The van der Waals surface area contributed by atoms with Gasteiger partial charge in [-0.2, -0.15) is 0 Å². The Hall–Kier alpha value is -1.55. The molecule has 128 valence electrons. The van der Waals surface area contributed by atoms with E-state index in [4.69, 9.17) is 11.6 Å². The van der Waals surface area contributed by atoms with Crippen LogP contribution >= 0.6 is 11.6 Å². The van der Waals surface area contributed by atoms with Gasteiger partial charge in [-0.05, 0) is 42.4 Å². The van der Waals surface area contributed by atoms with E-state index in [2.05, 4.69) is 0 Å². The van der Waals surface area contributed by atoms with Crippen LogP contribution in [-0.2, 0) is 9.59 Å². The number of amides is 1. The van der Waals surface area contributed by atoms with Gasteiger partial charge in [0.15, 0.2) is 0 Å². The van der Waals surface area contributed by atoms with E-state index in [1.54, 1.807) is 17.0 Å². The number of carboxylic acids is 1. The second-order valence-electron chi connectivity index (χ2n) is 7.67. The number of hydrogen-bond donors (Lipinski definition) is 1. The summed E-state index contributed by atoms with van der Waals surface area (Å²) in [5.41, 5.74) is 1.21. The van der Waals surface area contributed by atoms with Gasteiger partial charge in [-0.25, -0.2) is 0 Å². The van der Waals surface area contributed by atoms with E-state index in [0.29, 0.717) is 18.1 Å². The molecule has 1 amide bonds. The normalized spacial score (nSPS) is 30.7. The van der Waals surface area contributed by atoms with Crippen LogP contribution in [0.2, 0.25) is 5.02 Å². The Kier molecular flexibility index (Phi) is 3.83. The fourth-order valence-electron chi connectivity index (χ4n) is 4.83. The van der Waals surface area contributed by atoms with Crippen LogP contribution in [0.3, 0.4) is 0 Å². The minimum atomic E-state index is -0.823. The number of rotatable bonds is 3. The third kappa shape index (κ3) is 2.61. The van der Waals surface area contributed by atoms with E-state index in [1.807, 2.05) is 12.1 Å². The van der Waals surface area contributed by atoms with Crippen molar-refractivity contribution in [1.29, 1.82) is 0 Å². The summed E-state index contributed by atoms with van der Waals surface area (Å²) in [7, 11) is 0. The molecule has 1 N–H and O–H groups in total. The first-order valence-electron chi connectivity index (χ1n) is 8.77. The Morgan fingerprint density at radius 2 is 1.79 bits per heavy atom. The number of carboxylic acid groups (broad SMARTS) is 1. The van der Waals surface area contributed by atoms with Gasteiger partial charge in [0, 0.05) is 29.9 Å². The fraction of sp³-hybridized carbons (Fsp3) is 0.579. The smallest absolute Gasteiger partial charge is 0.308 e. The molecule has 4 nitrogen and oxygen atoms in total. The van der Waals surface area contributed by atoms with Crippen molar-refractivity contribution in [2.24, 2.45) is 17.3 Å². The molecule has 5 heteroatoms. The number of likely N-dealkylation sites (tertiary alicyclic amines) is 1. The van der Waals surface area contributed by atoms with Crippen molar-refractivity contribution in [3.63, 3.8) is 0 Å². The van der Waals surface area contributed by atoms with Gasteiger partial charge >= 0.3 is 5.97 Å². The van der Waals surface area contributed by atoms with Crippen LogP contribution in [-0.4, -0.2) is 35.0 Å². The first kappa shape index (κ1) is 15.9. The highest BCUT2D eigenvalue weighted by Gasteiger charge is 2.60. The lowest BCUT2D eigenvalue weighted by Gasteiger charge is -2.18. The number of nitrogens with zero attached hydrogens (tertiary/aromatic N) is 1. The highest BCUT2D eigenvalue weighted by molar-refractivity contribution is 6.30. The molecule has 1 saturated heterocycles. The van der Waals surface area contributed by atoms with Crippen LogP contribution < -0.4 is 0 Å². The van der Waals surface area contributed by atoms with Crippen LogP contribution in [0.15, 0.2) is 24.3 Å². The van der Waals surface area contributed by atoms with Gasteiger partial charge in [0.1, 0.15) is 0 Å². The van der Waals surface area contributed by atoms with E-state index >= 15 is 0 Å². The molecule has 1 spiro atoms. The highest BCUT2D eigenvalue weighted by Crippen LogP contribution is 2.63. The molecule has 0 aromatic heterocycles. The van der Waals surface area contributed by atoms with Gasteiger partial charge < -0.3 is 10.0 Å². The molecule has 1 aromatic carbocycles. The van der Waals surface area contributed by atoms with Crippen molar-refractivity contribution in [2.45, 2.75) is 38.0 Å². The minimum Gasteiger partial charge on any atom is -0.481 e. The van der Waals surface area contributed by atoms with Gasteiger partial charge in [-0.15, -0.1) is 0 Å². The molecule has 0 radical (unpaired) electrons. The van der Waals surface area contributed by atoms with Crippen molar-refractivity contribution in [3.8, 4) is 0 Å². The van der Waals surface area contributed by atoms with Crippen LogP contribution in [0.1, 0.15) is 43.6 Å². The maximum Gasteiger partial charge on any atom is 0.308 e. The predicted octanol–water partition coefficient (Wildman–Crippen LogP) is 3.55. The summed E-state index contributed by atoms with van der Waals surface area (Å²) >= 11 is 5.93. The van der Waals surface area contributed by atoms with E-state index < -0.39 is 11.9 Å². The lowest BCUT2D eigenvalue weighted by atomic mass is 9.89. The topological polar surface area (TPSA) is 57.6 Å². The number of carbonyl (C=O) groups excluding carboxylic acids is 1. The molecule has 1 aliphatic heterocycles. The lowest BCUT2D eigenvalue weighted by Crippen LogP contribution is -2.32. The molecule has 1 heterocycles. The summed E-state index contributed by atoms with van der Waals surface area (Å²) in [6.07, 6.45) is 5.80. The minimum absolute atomic E-state index is 0.137. The quantitative estimate of drug-likeness (QED) is 0.909.